The van der Waals surface area contributed by atoms with Gasteiger partial charge in [-0.1, -0.05) is 26.7 Å². The molecule has 86 valence electrons. The molecule has 0 heterocycles. The molecule has 0 aromatic carbocycles. The van der Waals surface area contributed by atoms with Crippen molar-refractivity contribution in [2.24, 2.45) is 29.6 Å². The number of rotatable bonds is 3. The molecule has 2 heteroatoms. The van der Waals surface area contributed by atoms with Crippen LogP contribution in [-0.4, -0.2) is 11.1 Å². The molecule has 0 amide bonds. The molecule has 0 spiro atoms. The molecule has 2 fully saturated rings. The van der Waals surface area contributed by atoms with Crippen LogP contribution in [0.15, 0.2) is 0 Å². The van der Waals surface area contributed by atoms with E-state index in [-0.39, 0.29) is 5.92 Å². The molecule has 4 atom stereocenters. The van der Waals surface area contributed by atoms with Crippen LogP contribution < -0.4 is 0 Å². The van der Waals surface area contributed by atoms with Crippen molar-refractivity contribution < 1.29 is 9.90 Å². The molecule has 2 aliphatic rings. The third kappa shape index (κ3) is 1.79. The van der Waals surface area contributed by atoms with E-state index in [0.29, 0.717) is 0 Å². The first-order valence-electron chi connectivity index (χ1n) is 6.40. The molecule has 1 N–H and O–H groups in total. The highest BCUT2D eigenvalue weighted by molar-refractivity contribution is 5.70. The van der Waals surface area contributed by atoms with Gasteiger partial charge in [-0.25, -0.2) is 0 Å². The Balaban J connectivity index is 2.08. The van der Waals surface area contributed by atoms with Gasteiger partial charge in [-0.05, 0) is 42.9 Å². The molecule has 0 aromatic rings. The molecule has 0 aromatic heterocycles. The van der Waals surface area contributed by atoms with Gasteiger partial charge >= 0.3 is 5.97 Å². The Morgan fingerprint density at radius 1 is 1.07 bits per heavy atom. The molecular formula is C13H22O2. The van der Waals surface area contributed by atoms with E-state index in [2.05, 4.69) is 13.8 Å². The van der Waals surface area contributed by atoms with E-state index >= 15 is 0 Å². The Hall–Kier alpha value is -0.530. The van der Waals surface area contributed by atoms with Gasteiger partial charge in [0.05, 0.1) is 5.92 Å². The molecule has 0 saturated heterocycles. The Bertz CT molecular complexity index is 231. The minimum Gasteiger partial charge on any atom is -0.481 e. The number of carbonyl (C=O) groups is 1. The number of carboxylic acids is 1. The molecular weight excluding hydrogens is 188 g/mol. The van der Waals surface area contributed by atoms with Crippen LogP contribution in [-0.2, 0) is 4.79 Å². The summed E-state index contributed by atoms with van der Waals surface area (Å²) in [5, 5.41) is 9.09. The zero-order chi connectivity index (χ0) is 11.0. The fourth-order valence-corrected chi connectivity index (χ4v) is 4.07. The number of carboxylic acid groups (broad SMARTS) is 1. The number of fused-ring (bicyclic) bond motifs is 1. The molecule has 2 aliphatic carbocycles. The summed E-state index contributed by atoms with van der Waals surface area (Å²) in [6, 6.07) is 0. The van der Waals surface area contributed by atoms with Crippen LogP contribution in [0.2, 0.25) is 0 Å². The highest BCUT2D eigenvalue weighted by atomic mass is 16.4. The maximum Gasteiger partial charge on any atom is 0.306 e. The third-order valence-electron chi connectivity index (χ3n) is 4.88. The lowest BCUT2D eigenvalue weighted by Crippen LogP contribution is -2.13. The van der Waals surface area contributed by atoms with Crippen molar-refractivity contribution in [3.05, 3.63) is 0 Å². The van der Waals surface area contributed by atoms with E-state index in [1.165, 1.54) is 19.3 Å². The highest BCUT2D eigenvalue weighted by Crippen LogP contribution is 2.54. The monoisotopic (exact) mass is 210 g/mol. The fourth-order valence-electron chi connectivity index (χ4n) is 4.07. The second-order valence-electron chi connectivity index (χ2n) is 5.41. The molecule has 2 rings (SSSR count). The van der Waals surface area contributed by atoms with Crippen LogP contribution in [0.3, 0.4) is 0 Å². The van der Waals surface area contributed by atoms with Crippen molar-refractivity contribution in [1.82, 2.24) is 0 Å². The quantitative estimate of drug-likeness (QED) is 0.776. The Kier molecular flexibility index (Phi) is 3.03. The summed E-state index contributed by atoms with van der Waals surface area (Å²) in [5.41, 5.74) is 0. The van der Waals surface area contributed by atoms with Gasteiger partial charge in [0.25, 0.3) is 0 Å². The molecule has 0 aliphatic heterocycles. The zero-order valence-electron chi connectivity index (χ0n) is 9.78. The van der Waals surface area contributed by atoms with E-state index in [0.717, 1.165) is 36.5 Å². The molecule has 4 unspecified atom stereocenters. The van der Waals surface area contributed by atoms with Crippen molar-refractivity contribution in [3.63, 3.8) is 0 Å². The van der Waals surface area contributed by atoms with Crippen LogP contribution in [0.1, 0.15) is 46.0 Å². The van der Waals surface area contributed by atoms with E-state index in [1.54, 1.807) is 0 Å². The van der Waals surface area contributed by atoms with Crippen molar-refractivity contribution in [2.45, 2.75) is 46.0 Å². The minimum absolute atomic E-state index is 0.0385. The first-order chi connectivity index (χ1) is 7.17. The average molecular weight is 210 g/mol. The van der Waals surface area contributed by atoms with Crippen molar-refractivity contribution >= 4 is 5.97 Å². The summed E-state index contributed by atoms with van der Waals surface area (Å²) in [6.07, 6.45) is 5.74. The van der Waals surface area contributed by atoms with E-state index in [1.807, 2.05) is 0 Å². The summed E-state index contributed by atoms with van der Waals surface area (Å²) in [6.45, 7) is 4.52. The summed E-state index contributed by atoms with van der Waals surface area (Å²) < 4.78 is 0. The second-order valence-corrected chi connectivity index (χ2v) is 5.41. The van der Waals surface area contributed by atoms with Gasteiger partial charge in [0.2, 0.25) is 0 Å². The lowest BCUT2D eigenvalue weighted by molar-refractivity contribution is -0.141. The van der Waals surface area contributed by atoms with E-state index in [4.69, 9.17) is 5.11 Å². The van der Waals surface area contributed by atoms with Crippen LogP contribution in [0.4, 0.5) is 0 Å². The summed E-state index contributed by atoms with van der Waals surface area (Å²) in [5.74, 6) is 2.47. The first-order valence-corrected chi connectivity index (χ1v) is 6.40. The van der Waals surface area contributed by atoms with Gasteiger partial charge in [-0.2, -0.15) is 0 Å². The largest absolute Gasteiger partial charge is 0.481 e. The molecule has 0 radical (unpaired) electrons. The van der Waals surface area contributed by atoms with Gasteiger partial charge in [0, 0.05) is 0 Å². The van der Waals surface area contributed by atoms with E-state index in [9.17, 15) is 4.79 Å². The van der Waals surface area contributed by atoms with Crippen LogP contribution in [0.5, 0.6) is 0 Å². The maximum atomic E-state index is 11.0. The lowest BCUT2D eigenvalue weighted by atomic mass is 9.89. The van der Waals surface area contributed by atoms with Gasteiger partial charge < -0.3 is 5.11 Å². The van der Waals surface area contributed by atoms with Crippen LogP contribution >= 0.6 is 0 Å². The predicted molar refractivity (Wildman–Crippen MR) is 59.5 cm³/mol. The Morgan fingerprint density at radius 3 is 1.87 bits per heavy atom. The van der Waals surface area contributed by atoms with Gasteiger partial charge in [0.1, 0.15) is 0 Å². The predicted octanol–water partition coefficient (Wildman–Crippen LogP) is 3.17. The molecule has 2 saturated carbocycles. The number of hydrogen-bond donors (Lipinski definition) is 1. The standard InChI is InChI=1S/C13H22O2/c1-3-8-5-9(4-2)12-7-10(13(14)15)6-11(8)12/h8-12H,3-7H2,1-2H3,(H,14,15). The van der Waals surface area contributed by atoms with Gasteiger partial charge in [0.15, 0.2) is 0 Å². The SMILES string of the molecule is CCC1CC(CC)C2CC(C(=O)O)CC12. The summed E-state index contributed by atoms with van der Waals surface area (Å²) in [4.78, 5) is 11.0. The lowest BCUT2D eigenvalue weighted by Gasteiger charge is -2.16. The Labute approximate surface area is 92.1 Å². The van der Waals surface area contributed by atoms with Crippen molar-refractivity contribution in [1.29, 1.82) is 0 Å². The Morgan fingerprint density at radius 2 is 1.53 bits per heavy atom. The summed E-state index contributed by atoms with van der Waals surface area (Å²) >= 11 is 0. The number of hydrogen-bond acceptors (Lipinski definition) is 1. The smallest absolute Gasteiger partial charge is 0.306 e. The van der Waals surface area contributed by atoms with Crippen molar-refractivity contribution in [2.75, 3.05) is 0 Å². The van der Waals surface area contributed by atoms with Crippen molar-refractivity contribution in [3.8, 4) is 0 Å². The molecule has 0 bridgehead atoms. The fraction of sp³-hybridized carbons (Fsp3) is 0.923. The van der Waals surface area contributed by atoms with Gasteiger partial charge in [-0.15, -0.1) is 0 Å². The first kappa shape index (κ1) is 11.0. The average Bonchev–Trinajstić information content (AvgIpc) is 2.74. The molecule has 2 nitrogen and oxygen atoms in total. The van der Waals surface area contributed by atoms with Gasteiger partial charge in [-0.3, -0.25) is 4.79 Å². The molecule has 15 heavy (non-hydrogen) atoms. The normalized spacial score (nSPS) is 44.3. The second kappa shape index (κ2) is 4.15. The van der Waals surface area contributed by atoms with Crippen LogP contribution in [0, 0.1) is 29.6 Å². The zero-order valence-corrected chi connectivity index (χ0v) is 9.78. The summed E-state index contributed by atoms with van der Waals surface area (Å²) in [7, 11) is 0. The maximum absolute atomic E-state index is 11.0. The minimum atomic E-state index is -0.561. The number of aliphatic carboxylic acids is 1. The third-order valence-corrected chi connectivity index (χ3v) is 4.88. The topological polar surface area (TPSA) is 37.3 Å². The van der Waals surface area contributed by atoms with Crippen LogP contribution in [0.25, 0.3) is 0 Å². The van der Waals surface area contributed by atoms with E-state index < -0.39 is 5.97 Å². The highest BCUT2D eigenvalue weighted by Gasteiger charge is 2.48.